The minimum atomic E-state index is -0.914. The molecule has 0 fully saturated rings. The van der Waals surface area contributed by atoms with Gasteiger partial charge in [0.1, 0.15) is 5.82 Å². The molecule has 0 aliphatic carbocycles. The van der Waals surface area contributed by atoms with Crippen LogP contribution < -0.4 is 5.32 Å². The Bertz CT molecular complexity index is 529. The minimum absolute atomic E-state index is 0.0798. The molecule has 0 aliphatic rings. The summed E-state index contributed by atoms with van der Waals surface area (Å²) in [4.78, 5) is 24.3. The number of benzene rings is 1. The SMILES string of the molecule is CCC(CC)(CC(=O)O)NC(=O)C(C)CSc1ccc(F)cc1. The molecule has 0 heterocycles. The number of thioether (sulfide) groups is 1. The van der Waals surface area contributed by atoms with Crippen LogP contribution in [-0.2, 0) is 9.59 Å². The fourth-order valence-electron chi connectivity index (χ4n) is 2.22. The Morgan fingerprint density at radius 2 is 1.83 bits per heavy atom. The van der Waals surface area contributed by atoms with Gasteiger partial charge in [-0.05, 0) is 37.1 Å². The lowest BCUT2D eigenvalue weighted by atomic mass is 9.88. The first-order valence-corrected chi connectivity index (χ1v) is 8.72. The lowest BCUT2D eigenvalue weighted by Crippen LogP contribution is -2.51. The van der Waals surface area contributed by atoms with Gasteiger partial charge in [-0.3, -0.25) is 9.59 Å². The summed E-state index contributed by atoms with van der Waals surface area (Å²) in [5.41, 5.74) is -0.697. The molecular formula is C17H24FNO3S. The van der Waals surface area contributed by atoms with E-state index in [9.17, 15) is 14.0 Å². The molecule has 6 heteroatoms. The zero-order valence-corrected chi connectivity index (χ0v) is 14.6. The number of hydrogen-bond acceptors (Lipinski definition) is 3. The van der Waals surface area contributed by atoms with E-state index in [2.05, 4.69) is 5.32 Å². The summed E-state index contributed by atoms with van der Waals surface area (Å²) in [7, 11) is 0. The third kappa shape index (κ3) is 6.22. The first-order valence-electron chi connectivity index (χ1n) is 7.74. The van der Waals surface area contributed by atoms with E-state index in [-0.39, 0.29) is 24.1 Å². The molecule has 0 aliphatic heterocycles. The molecule has 23 heavy (non-hydrogen) atoms. The number of carboxylic acids is 1. The highest BCUT2D eigenvalue weighted by Gasteiger charge is 2.32. The van der Waals surface area contributed by atoms with Gasteiger partial charge in [-0.2, -0.15) is 0 Å². The molecule has 1 atom stereocenters. The maximum absolute atomic E-state index is 12.9. The number of halogens is 1. The predicted molar refractivity (Wildman–Crippen MR) is 90.0 cm³/mol. The van der Waals surface area contributed by atoms with Crippen LogP contribution in [0.5, 0.6) is 0 Å². The van der Waals surface area contributed by atoms with Gasteiger partial charge in [0.25, 0.3) is 0 Å². The van der Waals surface area contributed by atoms with Gasteiger partial charge < -0.3 is 10.4 Å². The Balaban J connectivity index is 2.60. The highest BCUT2D eigenvalue weighted by Crippen LogP contribution is 2.24. The number of hydrogen-bond donors (Lipinski definition) is 2. The monoisotopic (exact) mass is 341 g/mol. The van der Waals surface area contributed by atoms with E-state index in [4.69, 9.17) is 5.11 Å². The fourth-order valence-corrected chi connectivity index (χ4v) is 3.15. The molecule has 4 nitrogen and oxygen atoms in total. The van der Waals surface area contributed by atoms with E-state index in [1.54, 1.807) is 12.1 Å². The summed E-state index contributed by atoms with van der Waals surface area (Å²) in [5.74, 6) is -1.07. The van der Waals surface area contributed by atoms with Crippen molar-refractivity contribution in [3.63, 3.8) is 0 Å². The molecule has 0 saturated carbocycles. The molecule has 0 radical (unpaired) electrons. The van der Waals surface area contributed by atoms with Gasteiger partial charge in [-0.15, -0.1) is 11.8 Å². The molecule has 1 amide bonds. The Morgan fingerprint density at radius 1 is 1.26 bits per heavy atom. The molecule has 2 N–H and O–H groups in total. The van der Waals surface area contributed by atoms with Crippen LogP contribution in [-0.4, -0.2) is 28.3 Å². The maximum atomic E-state index is 12.9. The molecule has 0 spiro atoms. The molecular weight excluding hydrogens is 317 g/mol. The molecule has 0 bridgehead atoms. The number of aliphatic carboxylic acids is 1. The van der Waals surface area contributed by atoms with Crippen molar-refractivity contribution in [2.45, 2.75) is 50.5 Å². The molecule has 1 rings (SSSR count). The van der Waals surface area contributed by atoms with E-state index in [0.717, 1.165) is 4.90 Å². The minimum Gasteiger partial charge on any atom is -0.481 e. The molecule has 1 aromatic carbocycles. The number of carbonyl (C=O) groups is 2. The van der Waals surface area contributed by atoms with Crippen LogP contribution in [0.1, 0.15) is 40.0 Å². The molecule has 1 aromatic rings. The largest absolute Gasteiger partial charge is 0.481 e. The van der Waals surface area contributed by atoms with Crippen LogP contribution >= 0.6 is 11.8 Å². The van der Waals surface area contributed by atoms with Gasteiger partial charge in [0, 0.05) is 22.1 Å². The standard InChI is InChI=1S/C17H24FNO3S/c1-4-17(5-2,10-15(20)21)19-16(22)12(3)11-23-14-8-6-13(18)7-9-14/h6-9,12H,4-5,10-11H2,1-3H3,(H,19,22)(H,20,21). The maximum Gasteiger partial charge on any atom is 0.305 e. The van der Waals surface area contributed by atoms with Crippen molar-refractivity contribution in [1.82, 2.24) is 5.32 Å². The molecule has 0 saturated heterocycles. The summed E-state index contributed by atoms with van der Waals surface area (Å²) in [6, 6.07) is 6.13. The number of carboxylic acid groups (broad SMARTS) is 1. The third-order valence-corrected chi connectivity index (χ3v) is 5.26. The van der Waals surface area contributed by atoms with Gasteiger partial charge in [0.05, 0.1) is 6.42 Å². The van der Waals surface area contributed by atoms with Gasteiger partial charge in [-0.1, -0.05) is 20.8 Å². The average Bonchev–Trinajstić information content (AvgIpc) is 2.52. The van der Waals surface area contributed by atoms with E-state index < -0.39 is 11.5 Å². The third-order valence-electron chi connectivity index (χ3n) is 3.99. The van der Waals surface area contributed by atoms with Crippen LogP contribution in [0.3, 0.4) is 0 Å². The summed E-state index contributed by atoms with van der Waals surface area (Å²) in [6.07, 6.45) is 1.06. The summed E-state index contributed by atoms with van der Waals surface area (Å²) in [5, 5.41) is 12.0. The second-order valence-electron chi connectivity index (χ2n) is 5.71. The number of rotatable bonds is 9. The van der Waals surface area contributed by atoms with E-state index in [1.165, 1.54) is 23.9 Å². The van der Waals surface area contributed by atoms with Crippen molar-refractivity contribution < 1.29 is 19.1 Å². The van der Waals surface area contributed by atoms with Crippen molar-refractivity contribution in [2.75, 3.05) is 5.75 Å². The molecule has 0 aromatic heterocycles. The van der Waals surface area contributed by atoms with Crippen molar-refractivity contribution >= 4 is 23.6 Å². The second-order valence-corrected chi connectivity index (χ2v) is 6.81. The summed E-state index contributed by atoms with van der Waals surface area (Å²) in [6.45, 7) is 5.57. The fraction of sp³-hybridized carbons (Fsp3) is 0.529. The Kier molecular flexibility index (Phi) is 7.55. The van der Waals surface area contributed by atoms with Gasteiger partial charge >= 0.3 is 5.97 Å². The van der Waals surface area contributed by atoms with Gasteiger partial charge in [0.2, 0.25) is 5.91 Å². The van der Waals surface area contributed by atoms with Crippen LogP contribution in [0.2, 0.25) is 0 Å². The second kappa shape index (κ2) is 8.91. The van der Waals surface area contributed by atoms with Crippen molar-refractivity contribution in [3.05, 3.63) is 30.1 Å². The first kappa shape index (κ1) is 19.5. The zero-order valence-electron chi connectivity index (χ0n) is 13.8. The topological polar surface area (TPSA) is 66.4 Å². The van der Waals surface area contributed by atoms with Crippen molar-refractivity contribution in [3.8, 4) is 0 Å². The van der Waals surface area contributed by atoms with E-state index in [1.807, 2.05) is 20.8 Å². The summed E-state index contributed by atoms with van der Waals surface area (Å²) >= 11 is 1.48. The first-order chi connectivity index (χ1) is 10.8. The number of nitrogens with one attached hydrogen (secondary N) is 1. The Morgan fingerprint density at radius 3 is 2.30 bits per heavy atom. The Hall–Kier alpha value is -1.56. The smallest absolute Gasteiger partial charge is 0.305 e. The highest BCUT2D eigenvalue weighted by atomic mass is 32.2. The highest BCUT2D eigenvalue weighted by molar-refractivity contribution is 7.99. The van der Waals surface area contributed by atoms with E-state index >= 15 is 0 Å². The van der Waals surface area contributed by atoms with Crippen LogP contribution in [0.15, 0.2) is 29.2 Å². The average molecular weight is 341 g/mol. The van der Waals surface area contributed by atoms with Crippen molar-refractivity contribution in [2.24, 2.45) is 5.92 Å². The van der Waals surface area contributed by atoms with Gasteiger partial charge in [0.15, 0.2) is 0 Å². The van der Waals surface area contributed by atoms with Crippen LogP contribution in [0.4, 0.5) is 4.39 Å². The normalized spacial score (nSPS) is 12.7. The predicted octanol–water partition coefficient (Wildman–Crippen LogP) is 3.70. The molecule has 1 unspecified atom stereocenters. The van der Waals surface area contributed by atoms with Crippen LogP contribution in [0, 0.1) is 11.7 Å². The summed E-state index contributed by atoms with van der Waals surface area (Å²) < 4.78 is 12.9. The quantitative estimate of drug-likeness (QED) is 0.672. The Labute approximate surface area is 140 Å². The van der Waals surface area contributed by atoms with Crippen LogP contribution in [0.25, 0.3) is 0 Å². The zero-order chi connectivity index (χ0) is 17.5. The molecule has 128 valence electrons. The number of amides is 1. The van der Waals surface area contributed by atoms with Gasteiger partial charge in [-0.25, -0.2) is 4.39 Å². The lowest BCUT2D eigenvalue weighted by molar-refractivity contribution is -0.139. The number of carbonyl (C=O) groups excluding carboxylic acids is 1. The van der Waals surface area contributed by atoms with Crippen molar-refractivity contribution in [1.29, 1.82) is 0 Å². The lowest BCUT2D eigenvalue weighted by Gasteiger charge is -2.32. The van der Waals surface area contributed by atoms with E-state index in [0.29, 0.717) is 18.6 Å².